The summed E-state index contributed by atoms with van der Waals surface area (Å²) in [5, 5.41) is 12.6. The van der Waals surface area contributed by atoms with Gasteiger partial charge in [0.25, 0.3) is 0 Å². The lowest BCUT2D eigenvalue weighted by molar-refractivity contribution is 0.0385. The van der Waals surface area contributed by atoms with Crippen molar-refractivity contribution in [2.75, 3.05) is 19.8 Å². The predicted molar refractivity (Wildman–Crippen MR) is 60.9 cm³/mol. The van der Waals surface area contributed by atoms with Crippen LogP contribution in [0.5, 0.6) is 0 Å². The first kappa shape index (κ1) is 12.2. The largest absolute Gasteiger partial charge is 0.389 e. The second kappa shape index (κ2) is 7.43. The van der Waals surface area contributed by atoms with Crippen LogP contribution in [-0.2, 0) is 4.74 Å². The van der Waals surface area contributed by atoms with Gasteiger partial charge >= 0.3 is 0 Å². The van der Waals surface area contributed by atoms with Crippen LogP contribution in [0, 0.1) is 0 Å². The van der Waals surface area contributed by atoms with E-state index in [1.165, 1.54) is 0 Å². The fourth-order valence-electron chi connectivity index (χ4n) is 1.27. The molecular weight excluding hydrogens is 192 g/mol. The van der Waals surface area contributed by atoms with Crippen LogP contribution < -0.4 is 5.32 Å². The van der Waals surface area contributed by atoms with Crippen molar-refractivity contribution in [3.05, 3.63) is 11.9 Å². The van der Waals surface area contributed by atoms with Crippen molar-refractivity contribution in [2.45, 2.75) is 32.3 Å². The van der Waals surface area contributed by atoms with E-state index in [-0.39, 0.29) is 0 Å². The van der Waals surface area contributed by atoms with Gasteiger partial charge in [-0.2, -0.15) is 0 Å². The summed E-state index contributed by atoms with van der Waals surface area (Å²) < 4.78 is 5.24. The van der Waals surface area contributed by atoms with Gasteiger partial charge < -0.3 is 15.2 Å². The lowest BCUT2D eigenvalue weighted by atomic mass is 10.2. The van der Waals surface area contributed by atoms with Gasteiger partial charge in [0, 0.05) is 19.4 Å². The van der Waals surface area contributed by atoms with E-state index < -0.39 is 6.10 Å². The molecule has 15 heavy (non-hydrogen) atoms. The highest BCUT2D eigenvalue weighted by molar-refractivity contribution is 5.60. The molecule has 86 valence electrons. The van der Waals surface area contributed by atoms with E-state index in [0.29, 0.717) is 19.8 Å². The zero-order valence-corrected chi connectivity index (χ0v) is 9.28. The number of hydrogen-bond acceptors (Lipinski definition) is 4. The summed E-state index contributed by atoms with van der Waals surface area (Å²) in [5.74, 6) is 0.857. The van der Waals surface area contributed by atoms with Crippen molar-refractivity contribution >= 4 is 6.21 Å². The van der Waals surface area contributed by atoms with Crippen molar-refractivity contribution in [2.24, 2.45) is 4.99 Å². The minimum absolute atomic E-state index is 0.387. The third-order valence-corrected chi connectivity index (χ3v) is 2.04. The molecule has 4 heteroatoms. The Balaban J connectivity index is 2.08. The van der Waals surface area contributed by atoms with Crippen molar-refractivity contribution in [3.63, 3.8) is 0 Å². The molecule has 2 N–H and O–H groups in total. The highest BCUT2D eigenvalue weighted by atomic mass is 16.5. The van der Waals surface area contributed by atoms with E-state index in [1.54, 1.807) is 0 Å². The molecule has 0 fully saturated rings. The van der Waals surface area contributed by atoms with E-state index in [1.807, 2.05) is 19.2 Å². The summed E-state index contributed by atoms with van der Waals surface area (Å²) in [5.41, 5.74) is 0. The lowest BCUT2D eigenvalue weighted by Gasteiger charge is -2.14. The fourth-order valence-corrected chi connectivity index (χ4v) is 1.27. The van der Waals surface area contributed by atoms with Crippen LogP contribution in [0.4, 0.5) is 0 Å². The molecule has 1 rings (SSSR count). The molecule has 1 heterocycles. The number of rotatable bonds is 7. The Hall–Kier alpha value is -0.870. The number of aliphatic hydroxyl groups is 1. The molecule has 0 amide bonds. The first-order valence-electron chi connectivity index (χ1n) is 5.55. The molecule has 4 nitrogen and oxygen atoms in total. The monoisotopic (exact) mass is 212 g/mol. The van der Waals surface area contributed by atoms with Gasteiger partial charge in [-0.25, -0.2) is 4.99 Å². The first-order valence-corrected chi connectivity index (χ1v) is 5.55. The zero-order chi connectivity index (χ0) is 10.9. The molecule has 1 aliphatic heterocycles. The van der Waals surface area contributed by atoms with Crippen molar-refractivity contribution in [3.8, 4) is 0 Å². The molecule has 1 unspecified atom stereocenters. The van der Waals surface area contributed by atoms with Gasteiger partial charge in [-0.1, -0.05) is 6.92 Å². The number of ether oxygens (including phenoxy) is 1. The number of aliphatic imine (C=N–C) groups is 1. The maximum absolute atomic E-state index is 9.54. The molecule has 1 aliphatic rings. The highest BCUT2D eigenvalue weighted by Crippen LogP contribution is 2.02. The summed E-state index contributed by atoms with van der Waals surface area (Å²) in [6.45, 7) is 3.63. The van der Waals surface area contributed by atoms with Gasteiger partial charge in [-0.3, -0.25) is 0 Å². The molecule has 0 aromatic carbocycles. The standard InChI is InChI=1S/C11H20N2O2/c1-2-7-15-9-10(14)8-13-11-5-3-4-6-12-11/h5-6,10,13-14H,2-4,7-9H2,1H3. The van der Waals surface area contributed by atoms with Crippen molar-refractivity contribution in [1.29, 1.82) is 0 Å². The van der Waals surface area contributed by atoms with Crippen LogP contribution in [0.15, 0.2) is 16.9 Å². The molecule has 1 atom stereocenters. The van der Waals surface area contributed by atoms with Gasteiger partial charge in [0.05, 0.1) is 12.7 Å². The van der Waals surface area contributed by atoms with Crippen LogP contribution in [0.25, 0.3) is 0 Å². The number of hydrogen-bond donors (Lipinski definition) is 2. The fraction of sp³-hybridized carbons (Fsp3) is 0.727. The predicted octanol–water partition coefficient (Wildman–Crippen LogP) is 1.07. The molecule has 0 aliphatic carbocycles. The van der Waals surface area contributed by atoms with Crippen LogP contribution >= 0.6 is 0 Å². The molecular formula is C11H20N2O2. The molecule has 0 aromatic heterocycles. The van der Waals surface area contributed by atoms with E-state index in [2.05, 4.69) is 10.3 Å². The summed E-state index contributed by atoms with van der Waals surface area (Å²) in [4.78, 5) is 4.17. The minimum atomic E-state index is -0.463. The van der Waals surface area contributed by atoms with Gasteiger partial charge in [-0.05, 0) is 25.3 Å². The van der Waals surface area contributed by atoms with Crippen molar-refractivity contribution in [1.82, 2.24) is 5.32 Å². The molecule has 0 bridgehead atoms. The van der Waals surface area contributed by atoms with Crippen LogP contribution in [-0.4, -0.2) is 37.2 Å². The number of nitrogens with one attached hydrogen (secondary N) is 1. The van der Waals surface area contributed by atoms with Crippen molar-refractivity contribution < 1.29 is 9.84 Å². The van der Waals surface area contributed by atoms with E-state index in [0.717, 1.165) is 25.1 Å². The Kier molecular flexibility index (Phi) is 6.04. The molecule has 0 saturated heterocycles. The summed E-state index contributed by atoms with van der Waals surface area (Å²) in [6.07, 6.45) is 6.48. The second-order valence-electron chi connectivity index (χ2n) is 3.59. The summed E-state index contributed by atoms with van der Waals surface area (Å²) in [7, 11) is 0. The highest BCUT2D eigenvalue weighted by Gasteiger charge is 2.05. The zero-order valence-electron chi connectivity index (χ0n) is 9.28. The van der Waals surface area contributed by atoms with Crippen LogP contribution in [0.2, 0.25) is 0 Å². The Labute approximate surface area is 91.0 Å². The quantitative estimate of drug-likeness (QED) is 0.621. The summed E-state index contributed by atoms with van der Waals surface area (Å²) in [6, 6.07) is 0. The average molecular weight is 212 g/mol. The average Bonchev–Trinajstić information content (AvgIpc) is 2.28. The molecule has 0 radical (unpaired) electrons. The Morgan fingerprint density at radius 1 is 1.60 bits per heavy atom. The minimum Gasteiger partial charge on any atom is -0.389 e. The smallest absolute Gasteiger partial charge is 0.121 e. The van der Waals surface area contributed by atoms with Gasteiger partial charge in [-0.15, -0.1) is 0 Å². The van der Waals surface area contributed by atoms with E-state index >= 15 is 0 Å². The van der Waals surface area contributed by atoms with E-state index in [4.69, 9.17) is 4.74 Å². The number of allylic oxidation sites excluding steroid dienone is 1. The lowest BCUT2D eigenvalue weighted by Crippen LogP contribution is -2.30. The Morgan fingerprint density at radius 3 is 3.13 bits per heavy atom. The third kappa shape index (κ3) is 5.54. The Morgan fingerprint density at radius 2 is 2.47 bits per heavy atom. The van der Waals surface area contributed by atoms with Crippen LogP contribution in [0.3, 0.4) is 0 Å². The SMILES string of the molecule is CCCOCC(O)CNC1=CCCC=N1. The maximum Gasteiger partial charge on any atom is 0.121 e. The molecule has 0 saturated carbocycles. The number of aliphatic hydroxyl groups excluding tert-OH is 1. The van der Waals surface area contributed by atoms with E-state index in [9.17, 15) is 5.11 Å². The van der Waals surface area contributed by atoms with Gasteiger partial charge in [0.15, 0.2) is 0 Å². The number of nitrogens with zero attached hydrogens (tertiary/aromatic N) is 1. The van der Waals surface area contributed by atoms with Gasteiger partial charge in [0.1, 0.15) is 5.82 Å². The third-order valence-electron chi connectivity index (χ3n) is 2.04. The maximum atomic E-state index is 9.54. The van der Waals surface area contributed by atoms with Gasteiger partial charge in [0.2, 0.25) is 0 Å². The first-order chi connectivity index (χ1) is 7.33. The molecule has 0 aromatic rings. The van der Waals surface area contributed by atoms with Crippen LogP contribution in [0.1, 0.15) is 26.2 Å². The molecule has 0 spiro atoms. The topological polar surface area (TPSA) is 53.9 Å². The second-order valence-corrected chi connectivity index (χ2v) is 3.59. The summed E-state index contributed by atoms with van der Waals surface area (Å²) >= 11 is 0. The Bertz CT molecular complexity index is 227. The normalized spacial score (nSPS) is 17.3.